The van der Waals surface area contributed by atoms with Gasteiger partial charge in [0, 0.05) is 23.7 Å². The van der Waals surface area contributed by atoms with Gasteiger partial charge in [-0.1, -0.05) is 0 Å². The number of nitrogens with zero attached hydrogens (tertiary/aromatic N) is 3. The van der Waals surface area contributed by atoms with Crippen LogP contribution >= 0.6 is 11.6 Å². The molecule has 0 saturated carbocycles. The summed E-state index contributed by atoms with van der Waals surface area (Å²) in [7, 11) is 1.83. The molecule has 0 amide bonds. The topological polar surface area (TPSA) is 80.0 Å². The second-order valence-corrected chi connectivity index (χ2v) is 4.78. The van der Waals surface area contributed by atoms with E-state index in [1.54, 1.807) is 10.6 Å². The maximum atomic E-state index is 11.4. The van der Waals surface area contributed by atoms with Gasteiger partial charge in [0.1, 0.15) is 11.3 Å². The third kappa shape index (κ3) is 2.41. The standard InChI is InChI=1S/C12H15ClN4O2/c1-6(14-3)7(2)17-9(11(18)19)4-8-5-15-12(13)16-10(8)17/h4-7,14H,1-3H3,(H,18,19). The van der Waals surface area contributed by atoms with Crippen molar-refractivity contribution in [1.82, 2.24) is 19.9 Å². The second-order valence-electron chi connectivity index (χ2n) is 4.44. The van der Waals surface area contributed by atoms with Crippen molar-refractivity contribution in [2.24, 2.45) is 0 Å². The number of carboxylic acids is 1. The molecule has 0 fully saturated rings. The van der Waals surface area contributed by atoms with Crippen molar-refractivity contribution in [3.8, 4) is 0 Å². The van der Waals surface area contributed by atoms with Gasteiger partial charge in [-0.25, -0.2) is 9.78 Å². The molecule has 19 heavy (non-hydrogen) atoms. The van der Waals surface area contributed by atoms with E-state index in [0.717, 1.165) is 0 Å². The van der Waals surface area contributed by atoms with Gasteiger partial charge in [0.05, 0.1) is 0 Å². The number of nitrogens with one attached hydrogen (secondary N) is 1. The molecule has 2 N–H and O–H groups in total. The lowest BCUT2D eigenvalue weighted by atomic mass is 10.1. The Morgan fingerprint density at radius 1 is 1.53 bits per heavy atom. The molecule has 0 aliphatic rings. The number of hydrogen-bond acceptors (Lipinski definition) is 4. The van der Waals surface area contributed by atoms with Crippen LogP contribution in [-0.2, 0) is 0 Å². The summed E-state index contributed by atoms with van der Waals surface area (Å²) in [6.07, 6.45) is 1.53. The summed E-state index contributed by atoms with van der Waals surface area (Å²) in [6.45, 7) is 3.91. The Balaban J connectivity index is 2.70. The quantitative estimate of drug-likeness (QED) is 0.838. The summed E-state index contributed by atoms with van der Waals surface area (Å²) < 4.78 is 1.67. The molecule has 0 spiro atoms. The molecular weight excluding hydrogens is 268 g/mol. The number of halogens is 1. The zero-order chi connectivity index (χ0) is 14.2. The number of likely N-dealkylation sites (N-methyl/N-ethyl adjacent to an activating group) is 1. The fourth-order valence-electron chi connectivity index (χ4n) is 2.03. The van der Waals surface area contributed by atoms with Crippen LogP contribution < -0.4 is 5.32 Å². The van der Waals surface area contributed by atoms with Crippen molar-refractivity contribution in [3.63, 3.8) is 0 Å². The van der Waals surface area contributed by atoms with Crippen LogP contribution in [0.3, 0.4) is 0 Å². The van der Waals surface area contributed by atoms with Crippen molar-refractivity contribution in [3.05, 3.63) is 23.2 Å². The lowest BCUT2D eigenvalue weighted by Gasteiger charge is -2.23. The van der Waals surface area contributed by atoms with Crippen LogP contribution in [0.5, 0.6) is 0 Å². The zero-order valence-electron chi connectivity index (χ0n) is 10.9. The largest absolute Gasteiger partial charge is 0.477 e. The Labute approximate surface area is 115 Å². The van der Waals surface area contributed by atoms with E-state index in [1.807, 2.05) is 20.9 Å². The van der Waals surface area contributed by atoms with Gasteiger partial charge in [0.15, 0.2) is 0 Å². The van der Waals surface area contributed by atoms with E-state index in [-0.39, 0.29) is 23.1 Å². The number of aromatic nitrogens is 3. The molecule has 0 bridgehead atoms. The molecule has 0 saturated heterocycles. The number of rotatable bonds is 4. The third-order valence-electron chi connectivity index (χ3n) is 3.35. The molecule has 2 rings (SSSR count). The minimum atomic E-state index is -0.996. The van der Waals surface area contributed by atoms with Crippen LogP contribution in [0.25, 0.3) is 11.0 Å². The highest BCUT2D eigenvalue weighted by molar-refractivity contribution is 6.28. The molecule has 102 valence electrons. The maximum absolute atomic E-state index is 11.4. The fraction of sp³-hybridized carbons (Fsp3) is 0.417. The van der Waals surface area contributed by atoms with Crippen LogP contribution in [-0.4, -0.2) is 38.7 Å². The molecule has 0 radical (unpaired) electrons. The van der Waals surface area contributed by atoms with Gasteiger partial charge >= 0.3 is 5.97 Å². The van der Waals surface area contributed by atoms with Crippen molar-refractivity contribution in [2.75, 3.05) is 7.05 Å². The molecule has 0 aliphatic carbocycles. The van der Waals surface area contributed by atoms with Gasteiger partial charge in [0.25, 0.3) is 0 Å². The first-order chi connectivity index (χ1) is 8.95. The molecule has 2 aromatic rings. The van der Waals surface area contributed by atoms with Crippen LogP contribution in [0.2, 0.25) is 5.28 Å². The molecule has 2 unspecified atom stereocenters. The van der Waals surface area contributed by atoms with Crippen molar-refractivity contribution in [1.29, 1.82) is 0 Å². The minimum absolute atomic E-state index is 0.0837. The highest BCUT2D eigenvalue weighted by atomic mass is 35.5. The molecule has 2 atom stereocenters. The van der Waals surface area contributed by atoms with Crippen molar-refractivity contribution < 1.29 is 9.90 Å². The Hall–Kier alpha value is -1.66. The van der Waals surface area contributed by atoms with Crippen molar-refractivity contribution >= 4 is 28.6 Å². The van der Waals surface area contributed by atoms with E-state index in [2.05, 4.69) is 15.3 Å². The molecule has 0 aliphatic heterocycles. The Morgan fingerprint density at radius 2 is 2.21 bits per heavy atom. The smallest absolute Gasteiger partial charge is 0.352 e. The first kappa shape index (κ1) is 13.8. The summed E-state index contributed by atoms with van der Waals surface area (Å²) in [4.78, 5) is 19.4. The summed E-state index contributed by atoms with van der Waals surface area (Å²) in [5.41, 5.74) is 0.716. The molecule has 2 heterocycles. The summed E-state index contributed by atoms with van der Waals surface area (Å²) in [6, 6.07) is 1.56. The van der Waals surface area contributed by atoms with E-state index in [1.165, 1.54) is 6.20 Å². The van der Waals surface area contributed by atoms with Gasteiger partial charge in [-0.3, -0.25) is 0 Å². The monoisotopic (exact) mass is 282 g/mol. The SMILES string of the molecule is CNC(C)C(C)n1c(C(=O)O)cc2cnc(Cl)nc21. The average molecular weight is 283 g/mol. The average Bonchev–Trinajstić information content (AvgIpc) is 2.75. The predicted octanol–water partition coefficient (Wildman–Crippen LogP) is 1.95. The number of aromatic carboxylic acids is 1. The maximum Gasteiger partial charge on any atom is 0.352 e. The fourth-order valence-corrected chi connectivity index (χ4v) is 2.16. The molecule has 6 nitrogen and oxygen atoms in total. The van der Waals surface area contributed by atoms with E-state index < -0.39 is 5.97 Å². The van der Waals surface area contributed by atoms with Gasteiger partial charge in [-0.15, -0.1) is 0 Å². The summed E-state index contributed by atoms with van der Waals surface area (Å²) in [5.74, 6) is -0.996. The van der Waals surface area contributed by atoms with Crippen molar-refractivity contribution in [2.45, 2.75) is 25.9 Å². The Kier molecular flexibility index (Phi) is 3.73. The Morgan fingerprint density at radius 3 is 2.79 bits per heavy atom. The van der Waals surface area contributed by atoms with Crippen LogP contribution in [0.15, 0.2) is 12.3 Å². The second kappa shape index (κ2) is 5.14. The van der Waals surface area contributed by atoms with Crippen LogP contribution in [0.4, 0.5) is 0 Å². The highest BCUT2D eigenvalue weighted by Gasteiger charge is 2.23. The van der Waals surface area contributed by atoms with Gasteiger partial charge < -0.3 is 15.0 Å². The molecular formula is C12H15ClN4O2. The lowest BCUT2D eigenvalue weighted by molar-refractivity contribution is 0.0682. The Bertz CT molecular complexity index is 625. The molecule has 0 aromatic carbocycles. The summed E-state index contributed by atoms with van der Waals surface area (Å²) >= 11 is 5.80. The van der Waals surface area contributed by atoms with E-state index in [9.17, 15) is 9.90 Å². The number of carboxylic acid groups (broad SMARTS) is 1. The zero-order valence-corrected chi connectivity index (χ0v) is 11.6. The lowest BCUT2D eigenvalue weighted by Crippen LogP contribution is -2.32. The molecule has 7 heteroatoms. The van der Waals surface area contributed by atoms with Crippen LogP contribution in [0, 0.1) is 0 Å². The van der Waals surface area contributed by atoms with Gasteiger partial charge in [-0.05, 0) is 38.6 Å². The van der Waals surface area contributed by atoms with E-state index in [0.29, 0.717) is 11.0 Å². The first-order valence-corrected chi connectivity index (χ1v) is 6.27. The minimum Gasteiger partial charge on any atom is -0.477 e. The number of fused-ring (bicyclic) bond motifs is 1. The van der Waals surface area contributed by atoms with E-state index >= 15 is 0 Å². The van der Waals surface area contributed by atoms with Gasteiger partial charge in [-0.2, -0.15) is 4.98 Å². The number of carbonyl (C=O) groups is 1. The van der Waals surface area contributed by atoms with E-state index in [4.69, 9.17) is 11.6 Å². The first-order valence-electron chi connectivity index (χ1n) is 5.89. The number of hydrogen-bond donors (Lipinski definition) is 2. The molecule has 2 aromatic heterocycles. The predicted molar refractivity (Wildman–Crippen MR) is 72.7 cm³/mol. The van der Waals surface area contributed by atoms with Crippen LogP contribution in [0.1, 0.15) is 30.4 Å². The normalized spacial score (nSPS) is 14.5. The van der Waals surface area contributed by atoms with Gasteiger partial charge in [0.2, 0.25) is 5.28 Å². The highest BCUT2D eigenvalue weighted by Crippen LogP contribution is 2.25. The summed E-state index contributed by atoms with van der Waals surface area (Å²) in [5, 5.41) is 13.2. The third-order valence-corrected chi connectivity index (χ3v) is 3.53.